The topological polar surface area (TPSA) is 62.1 Å². The summed E-state index contributed by atoms with van der Waals surface area (Å²) in [5, 5.41) is 0. The van der Waals surface area contributed by atoms with Crippen molar-refractivity contribution in [2.75, 3.05) is 0 Å². The summed E-state index contributed by atoms with van der Waals surface area (Å²) in [6, 6.07) is 1.27. The van der Waals surface area contributed by atoms with Gasteiger partial charge >= 0.3 is 29.6 Å². The predicted molar refractivity (Wildman–Crippen MR) is 33.4 cm³/mol. The van der Waals surface area contributed by atoms with Gasteiger partial charge in [-0.25, -0.2) is 8.42 Å². The van der Waals surface area contributed by atoms with Crippen molar-refractivity contribution in [2.45, 2.75) is 4.90 Å². The van der Waals surface area contributed by atoms with Crippen molar-refractivity contribution in [3.8, 4) is 0 Å². The Morgan fingerprint density at radius 3 is 2.27 bits per heavy atom. The number of nitrogens with zero attached hydrogens (tertiary/aromatic N) is 1. The van der Waals surface area contributed by atoms with Crippen LogP contribution in [0.4, 0.5) is 0 Å². The minimum atomic E-state index is -4.25. The van der Waals surface area contributed by atoms with Crippen molar-refractivity contribution < 1.29 is 42.5 Å². The molecule has 0 fully saturated rings. The molecule has 0 saturated heterocycles. The van der Waals surface area contributed by atoms with E-state index in [2.05, 4.69) is 0 Å². The van der Waals surface area contributed by atoms with Gasteiger partial charge in [0.05, 0.1) is 4.90 Å². The van der Waals surface area contributed by atoms with E-state index in [1.54, 1.807) is 7.05 Å². The van der Waals surface area contributed by atoms with Crippen molar-refractivity contribution in [3.63, 3.8) is 0 Å². The molecule has 0 aliphatic rings. The van der Waals surface area contributed by atoms with Gasteiger partial charge in [0, 0.05) is 19.4 Å². The van der Waals surface area contributed by atoms with Crippen LogP contribution in [0.15, 0.2) is 23.4 Å². The summed E-state index contributed by atoms with van der Waals surface area (Å²) in [7, 11) is -2.61. The molecule has 0 spiro atoms. The Labute approximate surface area is 87.3 Å². The molecular weight excluding hydrogens is 177 g/mol. The molecule has 4 nitrogen and oxygen atoms in total. The Morgan fingerprint density at radius 1 is 1.55 bits per heavy atom. The zero-order chi connectivity index (χ0) is 7.78. The van der Waals surface area contributed by atoms with Crippen LogP contribution in [0, 0.1) is 0 Å². The van der Waals surface area contributed by atoms with Crippen LogP contribution in [-0.4, -0.2) is 17.5 Å². The molecule has 1 aromatic heterocycles. The van der Waals surface area contributed by atoms with Crippen molar-refractivity contribution in [1.29, 1.82) is 0 Å². The second kappa shape index (κ2) is 3.73. The van der Waals surface area contributed by atoms with Gasteiger partial charge in [-0.05, 0) is 6.07 Å². The molecule has 0 aliphatic carbocycles. The molecule has 6 heteroatoms. The van der Waals surface area contributed by atoms with Crippen molar-refractivity contribution in [2.24, 2.45) is 7.05 Å². The van der Waals surface area contributed by atoms with E-state index in [1.165, 1.54) is 23.0 Å². The van der Waals surface area contributed by atoms with E-state index < -0.39 is 10.1 Å². The summed E-state index contributed by atoms with van der Waals surface area (Å²) in [4.78, 5) is -0.185. The van der Waals surface area contributed by atoms with Crippen LogP contribution in [-0.2, 0) is 17.2 Å². The molecule has 0 unspecified atom stereocenters. The molecule has 0 amide bonds. The summed E-state index contributed by atoms with van der Waals surface area (Å²) < 4.78 is 32.3. The van der Waals surface area contributed by atoms with Crippen LogP contribution in [0.5, 0.6) is 0 Å². The summed E-state index contributed by atoms with van der Waals surface area (Å²) >= 11 is 0. The summed E-state index contributed by atoms with van der Waals surface area (Å²) in [6.07, 6.45) is 2.77. The number of rotatable bonds is 1. The summed E-state index contributed by atoms with van der Waals surface area (Å²) in [5.41, 5.74) is 0. The van der Waals surface area contributed by atoms with E-state index in [4.69, 9.17) is 0 Å². The first-order chi connectivity index (χ1) is 4.50. The molecule has 0 bridgehead atoms. The Bertz CT molecular complexity index is 329. The zero-order valence-electron chi connectivity index (χ0n) is 6.31. The fraction of sp³-hybridized carbons (Fsp3) is 0.200. The Kier molecular flexibility index (Phi) is 3.79. The van der Waals surface area contributed by atoms with Crippen molar-refractivity contribution in [1.82, 2.24) is 4.57 Å². The van der Waals surface area contributed by atoms with E-state index in [9.17, 15) is 13.0 Å². The predicted octanol–water partition coefficient (Wildman–Crippen LogP) is -3.07. The second-order valence-corrected chi connectivity index (χ2v) is 3.35. The SMILES string of the molecule is Cn1ccc(S(=O)(=O)[O-])c1.[Na+]. The molecule has 0 aliphatic heterocycles. The average molecular weight is 183 g/mol. The molecule has 1 heterocycles. The summed E-state index contributed by atoms with van der Waals surface area (Å²) in [6.45, 7) is 0. The van der Waals surface area contributed by atoms with Gasteiger partial charge in [-0.2, -0.15) is 0 Å². The van der Waals surface area contributed by atoms with Gasteiger partial charge in [0.2, 0.25) is 0 Å². The van der Waals surface area contributed by atoms with Gasteiger partial charge in [-0.3, -0.25) is 0 Å². The standard InChI is InChI=1S/C5H7NO3S.Na/c1-6-3-2-5(4-6)10(7,8)9;/h2-4H,1H3,(H,7,8,9);/q;+1/p-1. The third kappa shape index (κ3) is 2.96. The minimum Gasteiger partial charge on any atom is -0.744 e. The van der Waals surface area contributed by atoms with E-state index in [1.807, 2.05) is 0 Å². The average Bonchev–Trinajstić information content (AvgIpc) is 2.11. The first-order valence-electron chi connectivity index (χ1n) is 2.58. The maximum absolute atomic E-state index is 10.3. The van der Waals surface area contributed by atoms with Gasteiger partial charge in [0.15, 0.2) is 0 Å². The maximum atomic E-state index is 10.3. The quantitative estimate of drug-likeness (QED) is 0.343. The number of aromatic nitrogens is 1. The van der Waals surface area contributed by atoms with E-state index in [-0.39, 0.29) is 34.5 Å². The fourth-order valence-electron chi connectivity index (χ4n) is 0.626. The van der Waals surface area contributed by atoms with Crippen LogP contribution in [0.1, 0.15) is 0 Å². The number of hydrogen-bond acceptors (Lipinski definition) is 3. The molecule has 1 aromatic rings. The molecule has 0 N–H and O–H groups in total. The van der Waals surface area contributed by atoms with Crippen LogP contribution >= 0.6 is 0 Å². The fourth-order valence-corrected chi connectivity index (χ4v) is 1.15. The van der Waals surface area contributed by atoms with Crippen LogP contribution < -0.4 is 29.6 Å². The van der Waals surface area contributed by atoms with Gasteiger partial charge < -0.3 is 9.12 Å². The first-order valence-corrected chi connectivity index (χ1v) is 3.99. The number of aryl methyl sites for hydroxylation is 1. The molecule has 1 rings (SSSR count). The monoisotopic (exact) mass is 183 g/mol. The van der Waals surface area contributed by atoms with E-state index in [0.717, 1.165) is 0 Å². The van der Waals surface area contributed by atoms with Crippen LogP contribution in [0.3, 0.4) is 0 Å². The van der Waals surface area contributed by atoms with Gasteiger partial charge in [-0.1, -0.05) is 0 Å². The molecule has 0 atom stereocenters. The van der Waals surface area contributed by atoms with Gasteiger partial charge in [0.25, 0.3) is 0 Å². The van der Waals surface area contributed by atoms with E-state index >= 15 is 0 Å². The maximum Gasteiger partial charge on any atom is 1.00 e. The Balaban J connectivity index is 0.000001000. The minimum absolute atomic E-state index is 0. The largest absolute Gasteiger partial charge is 1.00 e. The van der Waals surface area contributed by atoms with E-state index in [0.29, 0.717) is 0 Å². The third-order valence-corrected chi connectivity index (χ3v) is 1.91. The molecule has 0 aromatic carbocycles. The zero-order valence-corrected chi connectivity index (χ0v) is 9.13. The van der Waals surface area contributed by atoms with Crippen molar-refractivity contribution in [3.05, 3.63) is 18.5 Å². The number of hydrogen-bond donors (Lipinski definition) is 0. The smallest absolute Gasteiger partial charge is 0.744 e. The second-order valence-electron chi connectivity index (χ2n) is 1.97. The Hall–Kier alpha value is 0.190. The molecule has 0 radical (unpaired) electrons. The first kappa shape index (κ1) is 11.2. The normalized spacial score (nSPS) is 10.7. The van der Waals surface area contributed by atoms with Gasteiger partial charge in [0.1, 0.15) is 10.1 Å². The molecule has 0 saturated carbocycles. The van der Waals surface area contributed by atoms with Crippen molar-refractivity contribution >= 4 is 10.1 Å². The summed E-state index contributed by atoms with van der Waals surface area (Å²) in [5.74, 6) is 0. The molecular formula is C5H6NNaO3S. The van der Waals surface area contributed by atoms with Crippen LogP contribution in [0.25, 0.3) is 0 Å². The molecule has 56 valence electrons. The molecule has 11 heavy (non-hydrogen) atoms. The third-order valence-electron chi connectivity index (χ3n) is 1.09. The Morgan fingerprint density at radius 2 is 2.09 bits per heavy atom. The van der Waals surface area contributed by atoms with Crippen LogP contribution in [0.2, 0.25) is 0 Å². The van der Waals surface area contributed by atoms with Gasteiger partial charge in [-0.15, -0.1) is 0 Å².